The maximum Gasteiger partial charge on any atom is 0.338 e. The molecule has 0 saturated carbocycles. The molecule has 1 heterocycles. The van der Waals surface area contributed by atoms with Gasteiger partial charge in [0.05, 0.1) is 11.3 Å². The van der Waals surface area contributed by atoms with E-state index in [0.717, 1.165) is 6.07 Å². The van der Waals surface area contributed by atoms with E-state index in [1.807, 2.05) is 0 Å². The van der Waals surface area contributed by atoms with E-state index in [9.17, 15) is 18.8 Å². The zero-order valence-corrected chi connectivity index (χ0v) is 13.7. The van der Waals surface area contributed by atoms with Crippen molar-refractivity contribution >= 4 is 23.3 Å². The van der Waals surface area contributed by atoms with E-state index in [-0.39, 0.29) is 29.4 Å². The smallest absolute Gasteiger partial charge is 0.338 e. The van der Waals surface area contributed by atoms with Gasteiger partial charge in [-0.2, -0.15) is 0 Å². The van der Waals surface area contributed by atoms with Crippen LogP contribution in [0.2, 0.25) is 0 Å². The Balaban J connectivity index is 1.67. The third-order valence-corrected chi connectivity index (χ3v) is 3.56. The molecule has 0 fully saturated rings. The molecule has 1 N–H and O–H groups in total. The molecule has 2 aromatic carbocycles. The number of rotatable bonds is 5. The van der Waals surface area contributed by atoms with Crippen molar-refractivity contribution in [2.75, 3.05) is 18.7 Å². The second-order valence-corrected chi connectivity index (χ2v) is 5.44. The predicted octanol–water partition coefficient (Wildman–Crippen LogP) is 2.55. The maximum atomic E-state index is 13.1. The summed E-state index contributed by atoms with van der Waals surface area (Å²) < 4.78 is 28.4. The molecule has 1 aliphatic rings. The molecule has 2 aromatic rings. The molecule has 0 spiro atoms. The average molecular weight is 359 g/mol. The topological polar surface area (TPSA) is 90.9 Å². The van der Waals surface area contributed by atoms with Crippen molar-refractivity contribution in [3.8, 4) is 11.5 Å². The molecule has 0 bridgehead atoms. The van der Waals surface area contributed by atoms with Crippen LogP contribution in [0.1, 0.15) is 27.6 Å². The number of benzene rings is 2. The van der Waals surface area contributed by atoms with Crippen LogP contribution in [0.5, 0.6) is 11.5 Å². The molecule has 0 saturated heterocycles. The van der Waals surface area contributed by atoms with Crippen molar-refractivity contribution in [2.45, 2.75) is 6.92 Å². The predicted molar refractivity (Wildman–Crippen MR) is 87.9 cm³/mol. The van der Waals surface area contributed by atoms with Crippen molar-refractivity contribution in [2.24, 2.45) is 0 Å². The number of esters is 1. The number of carbonyl (C=O) groups is 3. The number of ether oxygens (including phenoxy) is 3. The minimum atomic E-state index is -0.836. The van der Waals surface area contributed by atoms with Crippen molar-refractivity contribution in [3.05, 3.63) is 53.3 Å². The highest BCUT2D eigenvalue weighted by molar-refractivity contribution is 6.05. The Morgan fingerprint density at radius 1 is 1.15 bits per heavy atom. The summed E-state index contributed by atoms with van der Waals surface area (Å²) in [7, 11) is 0. The Bertz CT molecular complexity index is 895. The molecular weight excluding hydrogens is 345 g/mol. The SMILES string of the molecule is CC(=O)c1cc2c(cc1NC(=O)COC(=O)c1cccc(F)c1)OCO2. The zero-order valence-electron chi connectivity index (χ0n) is 13.7. The highest BCUT2D eigenvalue weighted by Crippen LogP contribution is 2.37. The summed E-state index contributed by atoms with van der Waals surface area (Å²) in [4.78, 5) is 35.6. The fourth-order valence-electron chi connectivity index (χ4n) is 2.35. The first-order valence-electron chi connectivity index (χ1n) is 7.61. The Labute approximate surface area is 147 Å². The van der Waals surface area contributed by atoms with Crippen LogP contribution in [-0.2, 0) is 9.53 Å². The van der Waals surface area contributed by atoms with Crippen LogP contribution in [-0.4, -0.2) is 31.1 Å². The van der Waals surface area contributed by atoms with Crippen molar-refractivity contribution in [1.29, 1.82) is 0 Å². The Hall–Kier alpha value is -3.42. The summed E-state index contributed by atoms with van der Waals surface area (Å²) in [5.41, 5.74) is 0.443. The minimum Gasteiger partial charge on any atom is -0.454 e. The monoisotopic (exact) mass is 359 g/mol. The first-order valence-corrected chi connectivity index (χ1v) is 7.61. The zero-order chi connectivity index (χ0) is 18.7. The van der Waals surface area contributed by atoms with Gasteiger partial charge in [-0.25, -0.2) is 9.18 Å². The maximum absolute atomic E-state index is 13.1. The molecule has 26 heavy (non-hydrogen) atoms. The summed E-state index contributed by atoms with van der Waals surface area (Å²) in [5, 5.41) is 2.49. The lowest BCUT2D eigenvalue weighted by Crippen LogP contribution is -2.22. The van der Waals surface area contributed by atoms with Gasteiger partial charge in [-0.3, -0.25) is 9.59 Å². The molecule has 8 heteroatoms. The van der Waals surface area contributed by atoms with Crippen LogP contribution < -0.4 is 14.8 Å². The van der Waals surface area contributed by atoms with Crippen molar-refractivity contribution in [3.63, 3.8) is 0 Å². The third kappa shape index (κ3) is 3.80. The number of anilines is 1. The number of fused-ring (bicyclic) bond motifs is 1. The van der Waals surface area contributed by atoms with Crippen LogP contribution in [0.3, 0.4) is 0 Å². The minimum absolute atomic E-state index is 0.00898. The molecule has 0 atom stereocenters. The lowest BCUT2D eigenvalue weighted by Gasteiger charge is -2.11. The fraction of sp³-hybridized carbons (Fsp3) is 0.167. The summed E-state index contributed by atoms with van der Waals surface area (Å²) >= 11 is 0. The van der Waals surface area contributed by atoms with E-state index < -0.39 is 24.3 Å². The summed E-state index contributed by atoms with van der Waals surface area (Å²) in [5.74, 6) is -1.56. The molecule has 134 valence electrons. The van der Waals surface area contributed by atoms with Crippen LogP contribution in [0, 0.1) is 5.82 Å². The first-order chi connectivity index (χ1) is 12.4. The van der Waals surface area contributed by atoms with Gasteiger partial charge >= 0.3 is 5.97 Å². The molecular formula is C18H14FNO6. The number of amides is 1. The number of nitrogens with one attached hydrogen (secondary N) is 1. The van der Waals surface area contributed by atoms with E-state index in [1.165, 1.54) is 37.3 Å². The number of Topliss-reactive ketones (excluding diaryl/α,β-unsaturated/α-hetero) is 1. The summed E-state index contributed by atoms with van der Waals surface area (Å²) in [6, 6.07) is 7.86. The number of hydrogen-bond donors (Lipinski definition) is 1. The van der Waals surface area contributed by atoms with Crippen LogP contribution in [0.15, 0.2) is 36.4 Å². The second-order valence-electron chi connectivity index (χ2n) is 5.44. The molecule has 7 nitrogen and oxygen atoms in total. The number of hydrogen-bond acceptors (Lipinski definition) is 6. The average Bonchev–Trinajstić information content (AvgIpc) is 3.06. The normalized spacial score (nSPS) is 11.8. The van der Waals surface area contributed by atoms with E-state index >= 15 is 0 Å². The number of ketones is 1. The van der Waals surface area contributed by atoms with Gasteiger partial charge in [0.25, 0.3) is 5.91 Å². The van der Waals surface area contributed by atoms with Crippen molar-refractivity contribution < 1.29 is 33.0 Å². The highest BCUT2D eigenvalue weighted by atomic mass is 19.1. The molecule has 0 radical (unpaired) electrons. The molecule has 1 aliphatic heterocycles. The van der Waals surface area contributed by atoms with Gasteiger partial charge in [0.2, 0.25) is 6.79 Å². The van der Waals surface area contributed by atoms with Crippen LogP contribution >= 0.6 is 0 Å². The summed E-state index contributed by atoms with van der Waals surface area (Å²) in [6.07, 6.45) is 0. The number of carbonyl (C=O) groups excluding carboxylic acids is 3. The van der Waals surface area contributed by atoms with Gasteiger partial charge in [0.15, 0.2) is 23.9 Å². The largest absolute Gasteiger partial charge is 0.454 e. The summed E-state index contributed by atoms with van der Waals surface area (Å²) in [6.45, 7) is 0.771. The molecule has 0 unspecified atom stereocenters. The lowest BCUT2D eigenvalue weighted by molar-refractivity contribution is -0.119. The molecule has 0 aromatic heterocycles. The third-order valence-electron chi connectivity index (χ3n) is 3.56. The van der Waals surface area contributed by atoms with Crippen LogP contribution in [0.4, 0.5) is 10.1 Å². The van der Waals surface area contributed by atoms with Gasteiger partial charge < -0.3 is 19.5 Å². The van der Waals surface area contributed by atoms with Gasteiger partial charge in [0, 0.05) is 11.6 Å². The molecule has 1 amide bonds. The highest BCUT2D eigenvalue weighted by Gasteiger charge is 2.21. The lowest BCUT2D eigenvalue weighted by atomic mass is 10.1. The molecule has 0 aliphatic carbocycles. The van der Waals surface area contributed by atoms with Gasteiger partial charge in [-0.05, 0) is 31.2 Å². The Morgan fingerprint density at radius 3 is 2.58 bits per heavy atom. The Kier molecular flexibility index (Phi) is 4.83. The van der Waals surface area contributed by atoms with Gasteiger partial charge in [-0.1, -0.05) is 6.07 Å². The van der Waals surface area contributed by atoms with E-state index in [0.29, 0.717) is 11.5 Å². The first kappa shape index (κ1) is 17.4. The van der Waals surface area contributed by atoms with Crippen molar-refractivity contribution in [1.82, 2.24) is 0 Å². The second kappa shape index (κ2) is 7.22. The van der Waals surface area contributed by atoms with E-state index in [1.54, 1.807) is 0 Å². The van der Waals surface area contributed by atoms with Crippen LogP contribution in [0.25, 0.3) is 0 Å². The quantitative estimate of drug-likeness (QED) is 0.652. The standard InChI is InChI=1S/C18H14FNO6/c1-10(21)13-6-15-16(26-9-25-15)7-14(13)20-17(22)8-24-18(23)11-3-2-4-12(19)5-11/h2-7H,8-9H2,1H3,(H,20,22). The van der Waals surface area contributed by atoms with Gasteiger partial charge in [0.1, 0.15) is 5.82 Å². The number of halogens is 1. The van der Waals surface area contributed by atoms with E-state index in [2.05, 4.69) is 5.32 Å². The molecule has 3 rings (SSSR count). The fourth-order valence-corrected chi connectivity index (χ4v) is 2.35. The van der Waals surface area contributed by atoms with Gasteiger partial charge in [-0.15, -0.1) is 0 Å². The Morgan fingerprint density at radius 2 is 1.88 bits per heavy atom. The van der Waals surface area contributed by atoms with E-state index in [4.69, 9.17) is 14.2 Å².